The predicted molar refractivity (Wildman–Crippen MR) is 123 cm³/mol. The first kappa shape index (κ1) is 21.8. The minimum atomic E-state index is -0.135. The maximum absolute atomic E-state index is 13.1. The number of rotatable bonds is 10. The van der Waals surface area contributed by atoms with Crippen molar-refractivity contribution in [1.82, 2.24) is 20.2 Å². The number of aromatic nitrogens is 2. The van der Waals surface area contributed by atoms with E-state index in [1.807, 2.05) is 42.5 Å². The molecule has 0 unspecified atom stereocenters. The number of methoxy groups -OCH3 is 1. The van der Waals surface area contributed by atoms with Gasteiger partial charge >= 0.3 is 0 Å². The molecule has 0 radical (unpaired) electrons. The Labute approximate surface area is 190 Å². The van der Waals surface area contributed by atoms with Gasteiger partial charge in [0.2, 0.25) is 5.91 Å². The molecular formula is C23H25N5O3S. The van der Waals surface area contributed by atoms with Crippen molar-refractivity contribution in [1.29, 1.82) is 0 Å². The number of hydrogen-bond acceptors (Lipinski definition) is 7. The van der Waals surface area contributed by atoms with Gasteiger partial charge in [0.1, 0.15) is 11.4 Å². The number of nitrogens with zero attached hydrogens (tertiary/aromatic N) is 3. The molecule has 166 valence electrons. The minimum absolute atomic E-state index is 0.103. The fourth-order valence-corrected chi connectivity index (χ4v) is 3.92. The summed E-state index contributed by atoms with van der Waals surface area (Å²) in [5, 5.41) is 8.46. The van der Waals surface area contributed by atoms with Crippen LogP contribution in [-0.4, -0.2) is 46.4 Å². The molecule has 2 heterocycles. The lowest BCUT2D eigenvalue weighted by Gasteiger charge is -2.21. The number of ether oxygens (including phenoxy) is 1. The molecule has 1 fully saturated rings. The van der Waals surface area contributed by atoms with E-state index in [0.717, 1.165) is 30.0 Å². The van der Waals surface area contributed by atoms with E-state index in [0.29, 0.717) is 23.9 Å². The maximum atomic E-state index is 13.1. The Hall–Kier alpha value is -3.46. The molecule has 9 heteroatoms. The Balaban J connectivity index is 1.31. The molecule has 0 saturated heterocycles. The number of hydrogen-bond donors (Lipinski definition) is 2. The summed E-state index contributed by atoms with van der Waals surface area (Å²) in [4.78, 5) is 35.7. The summed E-state index contributed by atoms with van der Waals surface area (Å²) in [6, 6.07) is 13.3. The number of nitrogens with one attached hydrogen (secondary N) is 2. The van der Waals surface area contributed by atoms with Crippen molar-refractivity contribution in [2.24, 2.45) is 0 Å². The Morgan fingerprint density at radius 3 is 2.69 bits per heavy atom. The van der Waals surface area contributed by atoms with Gasteiger partial charge in [-0.15, -0.1) is 11.3 Å². The van der Waals surface area contributed by atoms with Crippen molar-refractivity contribution in [3.8, 4) is 5.75 Å². The number of carbonyl (C=O) groups is 2. The van der Waals surface area contributed by atoms with Gasteiger partial charge in [-0.1, -0.05) is 6.07 Å². The topological polar surface area (TPSA) is 96.5 Å². The van der Waals surface area contributed by atoms with E-state index in [-0.39, 0.29) is 24.3 Å². The van der Waals surface area contributed by atoms with Gasteiger partial charge in [0.25, 0.3) is 5.91 Å². The SMILES string of the molecule is COc1ccc(Nc2nc(C(=O)N(CCC(=O)NCc3ccccn3)C3CC3)cs2)cc1. The molecule has 1 aliphatic carbocycles. The summed E-state index contributed by atoms with van der Waals surface area (Å²) in [7, 11) is 1.62. The normalized spacial score (nSPS) is 12.8. The zero-order valence-electron chi connectivity index (χ0n) is 17.8. The van der Waals surface area contributed by atoms with Crippen molar-refractivity contribution in [2.75, 3.05) is 19.0 Å². The average molecular weight is 452 g/mol. The molecule has 2 aromatic heterocycles. The molecule has 3 aromatic rings. The van der Waals surface area contributed by atoms with Crippen molar-refractivity contribution in [2.45, 2.75) is 31.8 Å². The number of anilines is 2. The van der Waals surface area contributed by atoms with Gasteiger partial charge in [-0.05, 0) is 49.2 Å². The van der Waals surface area contributed by atoms with Crippen LogP contribution in [0.3, 0.4) is 0 Å². The second-order valence-electron chi connectivity index (χ2n) is 7.47. The molecule has 2 N–H and O–H groups in total. The van der Waals surface area contributed by atoms with Crippen molar-refractivity contribution in [3.05, 3.63) is 65.4 Å². The summed E-state index contributed by atoms with van der Waals surface area (Å²) < 4.78 is 5.16. The maximum Gasteiger partial charge on any atom is 0.273 e. The molecule has 0 atom stereocenters. The lowest BCUT2D eigenvalue weighted by Crippen LogP contribution is -2.37. The lowest BCUT2D eigenvalue weighted by molar-refractivity contribution is -0.121. The van der Waals surface area contributed by atoms with Gasteiger partial charge in [0, 0.05) is 36.3 Å². The zero-order chi connectivity index (χ0) is 22.3. The number of pyridine rings is 1. The third kappa shape index (κ3) is 5.82. The number of benzene rings is 1. The van der Waals surface area contributed by atoms with E-state index in [2.05, 4.69) is 20.6 Å². The first-order valence-electron chi connectivity index (χ1n) is 10.5. The van der Waals surface area contributed by atoms with Crippen LogP contribution in [0.15, 0.2) is 54.0 Å². The van der Waals surface area contributed by atoms with Gasteiger partial charge in [-0.25, -0.2) is 4.98 Å². The van der Waals surface area contributed by atoms with Gasteiger partial charge in [-0.3, -0.25) is 14.6 Å². The molecule has 0 aliphatic heterocycles. The smallest absolute Gasteiger partial charge is 0.273 e. The zero-order valence-corrected chi connectivity index (χ0v) is 18.6. The summed E-state index contributed by atoms with van der Waals surface area (Å²) >= 11 is 1.38. The minimum Gasteiger partial charge on any atom is -0.497 e. The third-order valence-corrected chi connectivity index (χ3v) is 5.84. The monoisotopic (exact) mass is 451 g/mol. The molecule has 8 nitrogen and oxygen atoms in total. The van der Waals surface area contributed by atoms with E-state index in [1.165, 1.54) is 11.3 Å². The van der Waals surface area contributed by atoms with Crippen LogP contribution in [0.4, 0.5) is 10.8 Å². The molecular weight excluding hydrogens is 426 g/mol. The molecule has 0 spiro atoms. The summed E-state index contributed by atoms with van der Waals surface area (Å²) in [6.07, 6.45) is 3.86. The second kappa shape index (κ2) is 10.2. The van der Waals surface area contributed by atoms with Crippen LogP contribution in [0.1, 0.15) is 35.4 Å². The summed E-state index contributed by atoms with van der Waals surface area (Å²) in [6.45, 7) is 0.750. The first-order chi connectivity index (χ1) is 15.6. The Morgan fingerprint density at radius 2 is 2.00 bits per heavy atom. The van der Waals surface area contributed by atoms with Gasteiger partial charge in [-0.2, -0.15) is 0 Å². The molecule has 32 heavy (non-hydrogen) atoms. The highest BCUT2D eigenvalue weighted by Gasteiger charge is 2.34. The molecule has 0 bridgehead atoms. The number of carbonyl (C=O) groups excluding carboxylic acids is 2. The van der Waals surface area contributed by atoms with E-state index in [1.54, 1.807) is 23.6 Å². The van der Waals surface area contributed by atoms with Crippen LogP contribution in [0.5, 0.6) is 5.75 Å². The molecule has 4 rings (SSSR count). The fourth-order valence-electron chi connectivity index (χ4n) is 3.21. The van der Waals surface area contributed by atoms with E-state index >= 15 is 0 Å². The highest BCUT2D eigenvalue weighted by atomic mass is 32.1. The molecule has 2 amide bonds. The largest absolute Gasteiger partial charge is 0.497 e. The van der Waals surface area contributed by atoms with Crippen molar-refractivity contribution < 1.29 is 14.3 Å². The molecule has 1 aromatic carbocycles. The van der Waals surface area contributed by atoms with Gasteiger partial charge < -0.3 is 20.3 Å². The van der Waals surface area contributed by atoms with Gasteiger partial charge in [0.15, 0.2) is 5.13 Å². The Bertz CT molecular complexity index is 1050. The standard InChI is InChI=1S/C23H25N5O3S/c1-31-19-9-5-16(6-10-19)26-23-27-20(15-32-23)22(30)28(18-7-8-18)13-11-21(29)25-14-17-4-2-3-12-24-17/h2-6,9-10,12,15,18H,7-8,11,13-14H2,1H3,(H,25,29)(H,26,27). The highest BCUT2D eigenvalue weighted by molar-refractivity contribution is 7.14. The highest BCUT2D eigenvalue weighted by Crippen LogP contribution is 2.30. The second-order valence-corrected chi connectivity index (χ2v) is 8.33. The molecule has 1 aliphatic rings. The fraction of sp³-hybridized carbons (Fsp3) is 0.304. The van der Waals surface area contributed by atoms with Crippen LogP contribution in [0.2, 0.25) is 0 Å². The van der Waals surface area contributed by atoms with E-state index < -0.39 is 0 Å². The van der Waals surface area contributed by atoms with Crippen LogP contribution >= 0.6 is 11.3 Å². The quantitative estimate of drug-likeness (QED) is 0.489. The average Bonchev–Trinajstić information content (AvgIpc) is 3.56. The third-order valence-electron chi connectivity index (χ3n) is 5.09. The summed E-state index contributed by atoms with van der Waals surface area (Å²) in [5.74, 6) is 0.535. The van der Waals surface area contributed by atoms with E-state index in [9.17, 15) is 9.59 Å². The first-order valence-corrected chi connectivity index (χ1v) is 11.3. The van der Waals surface area contributed by atoms with Crippen LogP contribution in [0.25, 0.3) is 0 Å². The predicted octanol–water partition coefficient (Wildman–Crippen LogP) is 3.60. The number of thiazole rings is 1. The number of amides is 2. The summed E-state index contributed by atoms with van der Waals surface area (Å²) in [5.41, 5.74) is 2.06. The van der Waals surface area contributed by atoms with Crippen LogP contribution in [0, 0.1) is 0 Å². The Morgan fingerprint density at radius 1 is 1.19 bits per heavy atom. The van der Waals surface area contributed by atoms with Crippen LogP contribution < -0.4 is 15.4 Å². The van der Waals surface area contributed by atoms with E-state index in [4.69, 9.17) is 4.74 Å². The van der Waals surface area contributed by atoms with Crippen molar-refractivity contribution in [3.63, 3.8) is 0 Å². The van der Waals surface area contributed by atoms with Crippen molar-refractivity contribution >= 4 is 34.0 Å². The lowest BCUT2D eigenvalue weighted by atomic mass is 10.3. The molecule has 1 saturated carbocycles. The van der Waals surface area contributed by atoms with Crippen LogP contribution in [-0.2, 0) is 11.3 Å². The van der Waals surface area contributed by atoms with Gasteiger partial charge in [0.05, 0.1) is 19.3 Å². The Kier molecular flexibility index (Phi) is 6.96.